The third kappa shape index (κ3) is 3.05. The molecule has 4 aromatic rings. The van der Waals surface area contributed by atoms with Gasteiger partial charge in [0.05, 0.1) is 0 Å². The fraction of sp³-hybridized carbons (Fsp3) is 0.308. The summed E-state index contributed by atoms with van der Waals surface area (Å²) in [6.45, 7) is 14.0. The van der Waals surface area contributed by atoms with E-state index in [2.05, 4.69) is 100 Å². The SMILES string of the molecule is CC1=c2cc/c([se]2)=C(/C)c2ccc([nH]2)C(C)(C)c2ccc([se]2)C(C)(C)c2ccc1[nH]2. The van der Waals surface area contributed by atoms with Gasteiger partial charge in [0.15, 0.2) is 0 Å². The van der Waals surface area contributed by atoms with Crippen LogP contribution in [0.1, 0.15) is 73.2 Å². The summed E-state index contributed by atoms with van der Waals surface area (Å²) >= 11 is 0.672. The molecule has 0 aliphatic carbocycles. The van der Waals surface area contributed by atoms with E-state index in [4.69, 9.17) is 0 Å². The van der Waals surface area contributed by atoms with Crippen LogP contribution in [-0.4, -0.2) is 39.0 Å². The van der Waals surface area contributed by atoms with Crippen LogP contribution in [0, 0.1) is 0 Å². The first-order chi connectivity index (χ1) is 14.2. The molecule has 0 fully saturated rings. The van der Waals surface area contributed by atoms with Gasteiger partial charge in [-0.3, -0.25) is 0 Å². The van der Waals surface area contributed by atoms with Gasteiger partial charge < -0.3 is 0 Å². The molecule has 0 atom stereocenters. The summed E-state index contributed by atoms with van der Waals surface area (Å²) in [4.78, 5) is 7.55. The molecule has 0 amide bonds. The maximum absolute atomic E-state index is 3.78. The Hall–Kier alpha value is -1.70. The van der Waals surface area contributed by atoms with Crippen molar-refractivity contribution in [2.45, 2.75) is 52.4 Å². The summed E-state index contributed by atoms with van der Waals surface area (Å²) in [5.74, 6) is 0. The molecule has 0 radical (unpaired) electrons. The van der Waals surface area contributed by atoms with Crippen molar-refractivity contribution in [1.29, 1.82) is 0 Å². The number of aromatic nitrogens is 2. The van der Waals surface area contributed by atoms with Crippen molar-refractivity contribution in [3.8, 4) is 0 Å². The normalized spacial score (nSPS) is 19.2. The molecule has 0 saturated carbocycles. The molecule has 0 aromatic carbocycles. The quantitative estimate of drug-likeness (QED) is 0.327. The van der Waals surface area contributed by atoms with E-state index in [0.29, 0.717) is 29.0 Å². The molecule has 154 valence electrons. The summed E-state index contributed by atoms with van der Waals surface area (Å²) in [6.07, 6.45) is 0. The van der Waals surface area contributed by atoms with Gasteiger partial charge in [0, 0.05) is 0 Å². The molecule has 8 bridgehead atoms. The second-order valence-electron chi connectivity index (χ2n) is 9.40. The molecule has 4 heteroatoms. The molecule has 4 aromatic heterocycles. The molecule has 1 aliphatic heterocycles. The van der Waals surface area contributed by atoms with E-state index in [0.717, 1.165) is 0 Å². The zero-order valence-electron chi connectivity index (χ0n) is 18.4. The molecular formula is C26H28N2Se2. The monoisotopic (exact) mass is 528 g/mol. The fourth-order valence-electron chi connectivity index (χ4n) is 4.24. The Labute approximate surface area is 190 Å². The molecular weight excluding hydrogens is 498 g/mol. The first kappa shape index (κ1) is 20.2. The van der Waals surface area contributed by atoms with Gasteiger partial charge in [0.1, 0.15) is 0 Å². The second kappa shape index (κ2) is 6.90. The van der Waals surface area contributed by atoms with Crippen molar-refractivity contribution < 1.29 is 0 Å². The van der Waals surface area contributed by atoms with Crippen LogP contribution in [-0.2, 0) is 10.8 Å². The molecule has 0 saturated heterocycles. The van der Waals surface area contributed by atoms with Crippen LogP contribution in [0.3, 0.4) is 0 Å². The Bertz CT molecular complexity index is 1270. The van der Waals surface area contributed by atoms with Gasteiger partial charge in [-0.15, -0.1) is 0 Å². The Morgan fingerprint density at radius 1 is 0.567 bits per heavy atom. The minimum absolute atomic E-state index is 0.00774. The third-order valence-electron chi connectivity index (χ3n) is 6.71. The number of rotatable bonds is 0. The van der Waals surface area contributed by atoms with Crippen molar-refractivity contribution in [3.05, 3.63) is 88.4 Å². The summed E-state index contributed by atoms with van der Waals surface area (Å²) < 4.78 is 6.02. The average molecular weight is 526 g/mol. The predicted molar refractivity (Wildman–Crippen MR) is 128 cm³/mol. The topological polar surface area (TPSA) is 31.6 Å². The van der Waals surface area contributed by atoms with Crippen molar-refractivity contribution in [3.63, 3.8) is 0 Å². The van der Waals surface area contributed by atoms with E-state index in [1.807, 2.05) is 0 Å². The van der Waals surface area contributed by atoms with Crippen molar-refractivity contribution in [2.24, 2.45) is 0 Å². The Kier molecular flexibility index (Phi) is 4.65. The van der Waals surface area contributed by atoms with E-state index >= 15 is 0 Å². The standard InChI is InChI=1S/C26H28N2Se2/c1-15-17-7-11-21(27-17)25(3,4)23-13-14-24(30-23)26(5,6)22-12-8-18(28-22)16(2)20-10-9-19(15)29-20/h7-14,27-28H,1-6H3/b19-15+,20-16?. The average Bonchev–Trinajstić information content (AvgIpc) is 3.50. The van der Waals surface area contributed by atoms with Crippen LogP contribution in [0.25, 0.3) is 11.1 Å². The van der Waals surface area contributed by atoms with E-state index in [1.165, 1.54) is 42.1 Å². The summed E-state index contributed by atoms with van der Waals surface area (Å²) in [5, 5.41) is 0. The third-order valence-corrected chi connectivity index (χ3v) is 13.1. The van der Waals surface area contributed by atoms with Crippen LogP contribution in [0.5, 0.6) is 0 Å². The van der Waals surface area contributed by atoms with Crippen LogP contribution >= 0.6 is 0 Å². The Balaban J connectivity index is 1.83. The van der Waals surface area contributed by atoms with Crippen LogP contribution in [0.2, 0.25) is 0 Å². The number of hydrogen-bond donors (Lipinski definition) is 2. The molecule has 5 heterocycles. The summed E-state index contributed by atoms with van der Waals surface area (Å²) in [5.41, 5.74) is 7.91. The number of nitrogens with one attached hydrogen (secondary N) is 2. The van der Waals surface area contributed by atoms with Gasteiger partial charge in [-0.05, 0) is 0 Å². The number of aromatic amines is 2. The molecule has 0 unspecified atom stereocenters. The van der Waals surface area contributed by atoms with Gasteiger partial charge in [0.25, 0.3) is 0 Å². The zero-order chi connectivity index (χ0) is 21.3. The number of fused-ring (bicyclic) bond motifs is 8. The molecule has 5 rings (SSSR count). The van der Waals surface area contributed by atoms with Gasteiger partial charge in [-0.2, -0.15) is 0 Å². The molecule has 30 heavy (non-hydrogen) atoms. The summed E-state index contributed by atoms with van der Waals surface area (Å²) in [6, 6.07) is 18.5. The Morgan fingerprint density at radius 2 is 1.00 bits per heavy atom. The van der Waals surface area contributed by atoms with Crippen molar-refractivity contribution >= 4 is 40.2 Å². The van der Waals surface area contributed by atoms with E-state index in [9.17, 15) is 0 Å². The molecule has 2 nitrogen and oxygen atoms in total. The minimum atomic E-state index is 0.00774. The number of hydrogen-bond acceptors (Lipinski definition) is 0. The summed E-state index contributed by atoms with van der Waals surface area (Å²) in [7, 11) is 0. The first-order valence-corrected chi connectivity index (χ1v) is 13.9. The predicted octanol–water partition coefficient (Wildman–Crippen LogP) is 3.86. The molecule has 0 spiro atoms. The van der Waals surface area contributed by atoms with E-state index in [1.54, 1.807) is 8.87 Å². The van der Waals surface area contributed by atoms with Crippen LogP contribution in [0.4, 0.5) is 0 Å². The van der Waals surface area contributed by atoms with Gasteiger partial charge in [-0.25, -0.2) is 0 Å². The van der Waals surface area contributed by atoms with Gasteiger partial charge >= 0.3 is 191 Å². The van der Waals surface area contributed by atoms with Crippen molar-refractivity contribution in [2.75, 3.05) is 0 Å². The van der Waals surface area contributed by atoms with Crippen LogP contribution < -0.4 is 8.19 Å². The van der Waals surface area contributed by atoms with Gasteiger partial charge in [-0.1, -0.05) is 0 Å². The Morgan fingerprint density at radius 3 is 1.43 bits per heavy atom. The molecule has 2 N–H and O–H groups in total. The van der Waals surface area contributed by atoms with Gasteiger partial charge in [0.2, 0.25) is 0 Å². The van der Waals surface area contributed by atoms with E-state index < -0.39 is 0 Å². The fourth-order valence-corrected chi connectivity index (χ4v) is 9.01. The number of H-pyrrole nitrogens is 2. The maximum atomic E-state index is 3.78. The zero-order valence-corrected chi connectivity index (χ0v) is 21.9. The first-order valence-electron chi connectivity index (χ1n) is 10.5. The second-order valence-corrected chi connectivity index (χ2v) is 13.9. The van der Waals surface area contributed by atoms with Crippen LogP contribution in [0.15, 0.2) is 48.5 Å². The molecule has 1 aliphatic rings. The van der Waals surface area contributed by atoms with Crippen molar-refractivity contribution in [1.82, 2.24) is 9.97 Å². The van der Waals surface area contributed by atoms with E-state index in [-0.39, 0.29) is 10.8 Å².